The predicted molar refractivity (Wildman–Crippen MR) is 193 cm³/mol. The van der Waals surface area contributed by atoms with Gasteiger partial charge in [0.15, 0.2) is 6.29 Å². The van der Waals surface area contributed by atoms with Crippen LogP contribution in [-0.2, 0) is 32.2 Å². The van der Waals surface area contributed by atoms with Crippen LogP contribution in [-0.4, -0.2) is 41.1 Å². The number of ether oxygens (including phenoxy) is 3. The first-order valence-corrected chi connectivity index (χ1v) is 18.1. The molecule has 3 atom stereocenters. The third-order valence-electron chi connectivity index (χ3n) is 8.70. The van der Waals surface area contributed by atoms with E-state index in [4.69, 9.17) is 19.4 Å². The Morgan fingerprint density at radius 3 is 2.26 bits per heavy atom. The Kier molecular flexibility index (Phi) is 14.3. The lowest BCUT2D eigenvalue weighted by molar-refractivity contribution is -0.245. The summed E-state index contributed by atoms with van der Waals surface area (Å²) in [5.41, 5.74) is 7.50. The molecule has 1 heterocycles. The fourth-order valence-electron chi connectivity index (χ4n) is 5.94. The van der Waals surface area contributed by atoms with Crippen LogP contribution in [0.4, 0.5) is 0 Å². The molecule has 0 unspecified atom stereocenters. The Balaban J connectivity index is 1.23. The highest BCUT2D eigenvalue weighted by molar-refractivity contribution is 7.99. The van der Waals surface area contributed by atoms with Crippen LogP contribution >= 0.6 is 11.8 Å². The molecule has 9 nitrogen and oxygen atoms in total. The van der Waals surface area contributed by atoms with Gasteiger partial charge < -0.3 is 24.6 Å². The maximum atomic E-state index is 12.5. The third-order valence-corrected chi connectivity index (χ3v) is 9.89. The zero-order valence-electron chi connectivity index (χ0n) is 28.4. The number of carbonyl (C=O) groups is 2. The number of aliphatic hydroxyl groups excluding tert-OH is 1. The minimum atomic E-state index is -0.580. The van der Waals surface area contributed by atoms with Gasteiger partial charge in [0.05, 0.1) is 25.9 Å². The van der Waals surface area contributed by atoms with Gasteiger partial charge in [0, 0.05) is 42.0 Å². The molecule has 1 aliphatic rings. The van der Waals surface area contributed by atoms with Gasteiger partial charge in [0.25, 0.3) is 0 Å². The van der Waals surface area contributed by atoms with Crippen molar-refractivity contribution >= 4 is 23.6 Å². The first-order valence-electron chi connectivity index (χ1n) is 17.1. The summed E-state index contributed by atoms with van der Waals surface area (Å²) in [6.07, 6.45) is 3.67. The number of amides is 2. The number of rotatable bonds is 17. The summed E-state index contributed by atoms with van der Waals surface area (Å²) in [6, 6.07) is 32.3. The number of hydroxylamine groups is 1. The average molecular weight is 699 g/mol. The van der Waals surface area contributed by atoms with Crippen molar-refractivity contribution in [2.45, 2.75) is 81.5 Å². The zero-order valence-corrected chi connectivity index (χ0v) is 29.2. The second kappa shape index (κ2) is 19.3. The van der Waals surface area contributed by atoms with Crippen LogP contribution in [0, 0.1) is 0 Å². The normalized spacial score (nSPS) is 17.2. The van der Waals surface area contributed by atoms with Gasteiger partial charge in [-0.3, -0.25) is 14.8 Å². The van der Waals surface area contributed by atoms with Gasteiger partial charge >= 0.3 is 0 Å². The Hall–Kier alpha value is -4.19. The van der Waals surface area contributed by atoms with Crippen molar-refractivity contribution in [2.24, 2.45) is 0 Å². The number of hydrogen-bond acceptors (Lipinski definition) is 8. The van der Waals surface area contributed by atoms with E-state index in [0.29, 0.717) is 25.8 Å². The molecule has 4 aromatic carbocycles. The molecule has 10 heteroatoms. The van der Waals surface area contributed by atoms with Gasteiger partial charge in [0.1, 0.15) is 5.75 Å². The molecule has 0 radical (unpaired) electrons. The summed E-state index contributed by atoms with van der Waals surface area (Å²) in [6.45, 7) is 0.423. The second-order valence-corrected chi connectivity index (χ2v) is 13.4. The quantitative estimate of drug-likeness (QED) is 0.0384. The van der Waals surface area contributed by atoms with Crippen molar-refractivity contribution in [3.63, 3.8) is 0 Å². The highest BCUT2D eigenvalue weighted by Crippen LogP contribution is 2.41. The summed E-state index contributed by atoms with van der Waals surface area (Å²) in [5, 5.41) is 21.1. The third kappa shape index (κ3) is 10.9. The molecule has 50 heavy (non-hydrogen) atoms. The molecule has 0 bridgehead atoms. The number of thioether (sulfide) groups is 1. The van der Waals surface area contributed by atoms with E-state index in [0.717, 1.165) is 69.0 Å². The second-order valence-electron chi connectivity index (χ2n) is 12.4. The van der Waals surface area contributed by atoms with Gasteiger partial charge in [-0.15, -0.1) is 11.8 Å². The lowest BCUT2D eigenvalue weighted by Crippen LogP contribution is -2.31. The highest BCUT2D eigenvalue weighted by atomic mass is 32.2. The summed E-state index contributed by atoms with van der Waals surface area (Å²) in [4.78, 5) is 24.6. The van der Waals surface area contributed by atoms with Crippen molar-refractivity contribution in [1.29, 1.82) is 0 Å². The number of methoxy groups -OCH3 is 1. The number of para-hydroxylation sites is 1. The van der Waals surface area contributed by atoms with Crippen molar-refractivity contribution in [3.05, 3.63) is 119 Å². The maximum absolute atomic E-state index is 12.5. The number of aliphatic hydroxyl groups is 1. The number of hydrogen-bond donors (Lipinski definition) is 4. The van der Waals surface area contributed by atoms with Crippen molar-refractivity contribution < 1.29 is 34.1 Å². The standard InChI is InChI=1S/C40H46N2O7S/c1-47-35-14-6-7-15-37(35)50-27-34-24-36(30-20-18-28(26-43)19-21-30)49-40(48-34)33-13-9-12-32(23-33)31-11-8-10-29(22-31)25-41-38(44)16-4-2-3-5-17-39(45)42-46/h6-15,18-23,34,36,40,43,46H,2-5,16-17,24-27H2,1H3,(H,41,44)(H,42,45)/t34-,36+,40+/m1/s1. The molecule has 2 amide bonds. The average Bonchev–Trinajstić information content (AvgIpc) is 3.17. The first-order chi connectivity index (χ1) is 24.4. The van der Waals surface area contributed by atoms with Crippen LogP contribution in [0.25, 0.3) is 11.1 Å². The molecule has 264 valence electrons. The minimum Gasteiger partial charge on any atom is -0.496 e. The Morgan fingerprint density at radius 1 is 0.800 bits per heavy atom. The topological polar surface area (TPSA) is 126 Å². The van der Waals surface area contributed by atoms with Crippen LogP contribution in [0.1, 0.15) is 79.6 Å². The summed E-state index contributed by atoms with van der Waals surface area (Å²) >= 11 is 1.71. The number of benzene rings is 4. The SMILES string of the molecule is COc1ccccc1SC[C@H]1C[C@@H](c2ccc(CO)cc2)O[C@@H](c2cccc(-c3cccc(CNC(=O)CCCCCCC(=O)NO)c3)c2)O1. The van der Waals surface area contributed by atoms with E-state index >= 15 is 0 Å². The number of unbranched alkanes of at least 4 members (excludes halogenated alkanes) is 3. The smallest absolute Gasteiger partial charge is 0.243 e. The van der Waals surface area contributed by atoms with E-state index in [1.54, 1.807) is 24.4 Å². The molecule has 0 aromatic heterocycles. The first kappa shape index (κ1) is 37.1. The Morgan fingerprint density at radius 2 is 1.52 bits per heavy atom. The molecular weight excluding hydrogens is 653 g/mol. The number of carbonyl (C=O) groups excluding carboxylic acids is 2. The van der Waals surface area contributed by atoms with Crippen molar-refractivity contribution in [2.75, 3.05) is 12.9 Å². The lowest BCUT2D eigenvalue weighted by Gasteiger charge is -2.36. The molecule has 1 fully saturated rings. The molecule has 4 aromatic rings. The molecule has 0 saturated carbocycles. The monoisotopic (exact) mass is 698 g/mol. The Labute approximate surface area is 298 Å². The maximum Gasteiger partial charge on any atom is 0.243 e. The largest absolute Gasteiger partial charge is 0.496 e. The lowest BCUT2D eigenvalue weighted by atomic mass is 9.99. The van der Waals surface area contributed by atoms with Crippen molar-refractivity contribution in [1.82, 2.24) is 10.8 Å². The van der Waals surface area contributed by atoms with E-state index in [2.05, 4.69) is 35.6 Å². The van der Waals surface area contributed by atoms with Crippen LogP contribution in [0.2, 0.25) is 0 Å². The van der Waals surface area contributed by atoms with Crippen LogP contribution < -0.4 is 15.5 Å². The molecule has 1 saturated heterocycles. The van der Waals surface area contributed by atoms with E-state index in [1.807, 2.05) is 66.7 Å². The fourth-order valence-corrected chi connectivity index (χ4v) is 6.99. The molecule has 0 aliphatic carbocycles. The summed E-state index contributed by atoms with van der Waals surface area (Å²) < 4.78 is 18.8. The van der Waals surface area contributed by atoms with Gasteiger partial charge in [-0.05, 0) is 64.9 Å². The summed E-state index contributed by atoms with van der Waals surface area (Å²) in [5.74, 6) is 1.18. The van der Waals surface area contributed by atoms with E-state index in [1.165, 1.54) is 0 Å². The van der Waals surface area contributed by atoms with Gasteiger partial charge in [0.2, 0.25) is 11.8 Å². The molecule has 5 rings (SSSR count). The van der Waals surface area contributed by atoms with Crippen molar-refractivity contribution in [3.8, 4) is 16.9 Å². The molecule has 4 N–H and O–H groups in total. The van der Waals surface area contributed by atoms with E-state index < -0.39 is 6.29 Å². The minimum absolute atomic E-state index is 0.00363. The zero-order chi connectivity index (χ0) is 35.1. The van der Waals surface area contributed by atoms with Gasteiger partial charge in [-0.2, -0.15) is 0 Å². The van der Waals surface area contributed by atoms with Gasteiger partial charge in [-0.25, -0.2) is 5.48 Å². The highest BCUT2D eigenvalue weighted by Gasteiger charge is 2.32. The fraction of sp³-hybridized carbons (Fsp3) is 0.350. The van der Waals surface area contributed by atoms with Crippen LogP contribution in [0.15, 0.2) is 102 Å². The van der Waals surface area contributed by atoms with Crippen LogP contribution in [0.5, 0.6) is 5.75 Å². The van der Waals surface area contributed by atoms with E-state index in [9.17, 15) is 14.7 Å². The summed E-state index contributed by atoms with van der Waals surface area (Å²) in [7, 11) is 1.68. The Bertz CT molecular complexity index is 1680. The molecular formula is C40H46N2O7S. The number of nitrogens with one attached hydrogen (secondary N) is 2. The van der Waals surface area contributed by atoms with Crippen LogP contribution in [0.3, 0.4) is 0 Å². The predicted octanol–water partition coefficient (Wildman–Crippen LogP) is 7.65. The van der Waals surface area contributed by atoms with E-state index in [-0.39, 0.29) is 37.0 Å². The van der Waals surface area contributed by atoms with Gasteiger partial charge in [-0.1, -0.05) is 85.6 Å². The molecule has 1 aliphatic heterocycles. The molecule has 0 spiro atoms.